The first-order chi connectivity index (χ1) is 14.0. The molecular formula is C21H20FN3O4. The highest BCUT2D eigenvalue weighted by atomic mass is 19.1. The standard InChI is InChI=1S/C21H20FN3O4/c1-14(21(27)23-13-15-4-3-5-18(12-15)28-2)29-19-10-11-20(26)25(24-19)17-8-6-16(22)7-9-17/h3-12,14H,13H2,1-2H3,(H,23,27)/t14-/m0/s1. The molecule has 1 heterocycles. The molecule has 1 atom stereocenters. The van der Waals surface area contributed by atoms with Gasteiger partial charge in [-0.2, -0.15) is 4.68 Å². The SMILES string of the molecule is COc1cccc(CNC(=O)[C@H](C)Oc2ccc(=O)n(-c3ccc(F)cc3)n2)c1. The number of amides is 1. The fraction of sp³-hybridized carbons (Fsp3) is 0.190. The van der Waals surface area contributed by atoms with Gasteiger partial charge in [-0.1, -0.05) is 12.1 Å². The summed E-state index contributed by atoms with van der Waals surface area (Å²) in [6, 6.07) is 15.3. The van der Waals surface area contributed by atoms with Gasteiger partial charge in [0.05, 0.1) is 12.8 Å². The fourth-order valence-corrected chi connectivity index (χ4v) is 2.57. The predicted octanol–water partition coefficient (Wildman–Crippen LogP) is 2.46. The second-order valence-corrected chi connectivity index (χ2v) is 6.23. The lowest BCUT2D eigenvalue weighted by Gasteiger charge is -2.15. The summed E-state index contributed by atoms with van der Waals surface area (Å²) in [4.78, 5) is 24.4. The van der Waals surface area contributed by atoms with Crippen molar-refractivity contribution >= 4 is 5.91 Å². The van der Waals surface area contributed by atoms with Crippen LogP contribution in [0.2, 0.25) is 0 Å². The first kappa shape index (κ1) is 20.1. The second-order valence-electron chi connectivity index (χ2n) is 6.23. The molecule has 0 fully saturated rings. The van der Waals surface area contributed by atoms with E-state index in [-0.39, 0.29) is 11.8 Å². The average Bonchev–Trinajstić information content (AvgIpc) is 2.74. The minimum absolute atomic E-state index is 0.0953. The summed E-state index contributed by atoms with van der Waals surface area (Å²) in [5, 5.41) is 6.88. The Kier molecular flexibility index (Phi) is 6.23. The van der Waals surface area contributed by atoms with Crippen LogP contribution in [0.3, 0.4) is 0 Å². The molecule has 0 bridgehead atoms. The summed E-state index contributed by atoms with van der Waals surface area (Å²) in [6.45, 7) is 1.89. The highest BCUT2D eigenvalue weighted by molar-refractivity contribution is 5.80. The monoisotopic (exact) mass is 397 g/mol. The van der Waals surface area contributed by atoms with Crippen molar-refractivity contribution in [2.24, 2.45) is 0 Å². The minimum Gasteiger partial charge on any atom is -0.497 e. The molecule has 0 aliphatic rings. The van der Waals surface area contributed by atoms with Crippen molar-refractivity contribution in [1.82, 2.24) is 15.1 Å². The van der Waals surface area contributed by atoms with Crippen LogP contribution in [0.5, 0.6) is 11.6 Å². The van der Waals surface area contributed by atoms with Gasteiger partial charge < -0.3 is 14.8 Å². The van der Waals surface area contributed by atoms with Crippen LogP contribution in [0.15, 0.2) is 65.5 Å². The normalized spacial score (nSPS) is 11.6. The van der Waals surface area contributed by atoms with E-state index in [0.29, 0.717) is 18.0 Å². The van der Waals surface area contributed by atoms with Crippen LogP contribution in [0.4, 0.5) is 4.39 Å². The van der Waals surface area contributed by atoms with E-state index >= 15 is 0 Å². The summed E-state index contributed by atoms with van der Waals surface area (Å²) in [5.41, 5.74) is 0.865. The molecule has 1 amide bonds. The van der Waals surface area contributed by atoms with Crippen molar-refractivity contribution in [2.75, 3.05) is 7.11 Å². The van der Waals surface area contributed by atoms with Gasteiger partial charge in [-0.05, 0) is 48.9 Å². The van der Waals surface area contributed by atoms with Crippen molar-refractivity contribution in [3.05, 3.63) is 82.4 Å². The molecule has 0 spiro atoms. The van der Waals surface area contributed by atoms with Gasteiger partial charge in [0.15, 0.2) is 6.10 Å². The maximum absolute atomic E-state index is 13.1. The molecule has 0 aliphatic carbocycles. The van der Waals surface area contributed by atoms with Gasteiger partial charge in [-0.3, -0.25) is 9.59 Å². The molecule has 3 aromatic rings. The van der Waals surface area contributed by atoms with E-state index in [0.717, 1.165) is 10.2 Å². The second kappa shape index (κ2) is 9.01. The number of hydrogen-bond acceptors (Lipinski definition) is 5. The summed E-state index contributed by atoms with van der Waals surface area (Å²) in [6.07, 6.45) is -0.840. The first-order valence-electron chi connectivity index (χ1n) is 8.90. The smallest absolute Gasteiger partial charge is 0.271 e. The summed E-state index contributed by atoms with van der Waals surface area (Å²) < 4.78 is 24.9. The fourth-order valence-electron chi connectivity index (χ4n) is 2.57. The molecule has 0 saturated heterocycles. The van der Waals surface area contributed by atoms with E-state index in [4.69, 9.17) is 9.47 Å². The zero-order chi connectivity index (χ0) is 20.8. The van der Waals surface area contributed by atoms with E-state index in [1.165, 1.54) is 36.4 Å². The number of carbonyl (C=O) groups is 1. The number of methoxy groups -OCH3 is 1. The average molecular weight is 397 g/mol. The molecule has 8 heteroatoms. The number of rotatable bonds is 7. The van der Waals surface area contributed by atoms with Crippen LogP contribution in [-0.2, 0) is 11.3 Å². The van der Waals surface area contributed by atoms with Crippen LogP contribution >= 0.6 is 0 Å². The summed E-state index contributed by atoms with van der Waals surface area (Å²) >= 11 is 0. The summed E-state index contributed by atoms with van der Waals surface area (Å²) in [7, 11) is 1.58. The Morgan fingerprint density at radius 3 is 2.66 bits per heavy atom. The molecular weight excluding hydrogens is 377 g/mol. The molecule has 1 N–H and O–H groups in total. The molecule has 7 nitrogen and oxygen atoms in total. The number of carbonyl (C=O) groups excluding carboxylic acids is 1. The molecule has 3 rings (SSSR count). The quantitative estimate of drug-likeness (QED) is 0.662. The lowest BCUT2D eigenvalue weighted by atomic mass is 10.2. The van der Waals surface area contributed by atoms with Crippen molar-refractivity contribution in [3.8, 4) is 17.3 Å². The Hall–Kier alpha value is -3.68. The zero-order valence-electron chi connectivity index (χ0n) is 16.0. The molecule has 0 saturated carbocycles. The van der Waals surface area contributed by atoms with Gasteiger partial charge in [-0.15, -0.1) is 5.10 Å². The molecule has 2 aromatic carbocycles. The van der Waals surface area contributed by atoms with E-state index in [9.17, 15) is 14.0 Å². The van der Waals surface area contributed by atoms with Gasteiger partial charge in [0, 0.05) is 18.7 Å². The number of nitrogens with one attached hydrogen (secondary N) is 1. The van der Waals surface area contributed by atoms with E-state index in [1.807, 2.05) is 24.3 Å². The lowest BCUT2D eigenvalue weighted by molar-refractivity contribution is -0.127. The van der Waals surface area contributed by atoms with Crippen LogP contribution in [-0.4, -0.2) is 28.9 Å². The molecule has 0 aliphatic heterocycles. The molecule has 150 valence electrons. The number of hydrogen-bond donors (Lipinski definition) is 1. The Morgan fingerprint density at radius 1 is 1.17 bits per heavy atom. The number of halogens is 1. The van der Waals surface area contributed by atoms with E-state index in [2.05, 4.69) is 10.4 Å². The Balaban J connectivity index is 1.65. The van der Waals surface area contributed by atoms with E-state index < -0.39 is 17.5 Å². The van der Waals surface area contributed by atoms with Crippen molar-refractivity contribution in [1.29, 1.82) is 0 Å². The molecule has 1 aromatic heterocycles. The van der Waals surface area contributed by atoms with Crippen LogP contribution in [0.1, 0.15) is 12.5 Å². The predicted molar refractivity (Wildman–Crippen MR) is 105 cm³/mol. The third-order valence-corrected chi connectivity index (χ3v) is 4.11. The maximum atomic E-state index is 13.1. The minimum atomic E-state index is -0.840. The molecule has 0 radical (unpaired) electrons. The van der Waals surface area contributed by atoms with Crippen molar-refractivity contribution in [2.45, 2.75) is 19.6 Å². The van der Waals surface area contributed by atoms with Crippen LogP contribution in [0, 0.1) is 5.82 Å². The van der Waals surface area contributed by atoms with Crippen molar-refractivity contribution in [3.63, 3.8) is 0 Å². The molecule has 0 unspecified atom stereocenters. The largest absolute Gasteiger partial charge is 0.497 e. The van der Waals surface area contributed by atoms with Gasteiger partial charge in [0.25, 0.3) is 11.5 Å². The maximum Gasteiger partial charge on any atom is 0.271 e. The number of benzene rings is 2. The zero-order valence-corrected chi connectivity index (χ0v) is 16.0. The first-order valence-corrected chi connectivity index (χ1v) is 8.90. The topological polar surface area (TPSA) is 82.5 Å². The van der Waals surface area contributed by atoms with Gasteiger partial charge >= 0.3 is 0 Å². The Labute approximate surface area is 166 Å². The number of nitrogens with zero attached hydrogens (tertiary/aromatic N) is 2. The summed E-state index contributed by atoms with van der Waals surface area (Å²) in [5.74, 6) is 0.0379. The Bertz CT molecular complexity index is 1050. The van der Waals surface area contributed by atoms with Crippen LogP contribution in [0.25, 0.3) is 5.69 Å². The third-order valence-electron chi connectivity index (χ3n) is 4.11. The molecule has 29 heavy (non-hydrogen) atoms. The van der Waals surface area contributed by atoms with Crippen LogP contribution < -0.4 is 20.3 Å². The number of aromatic nitrogens is 2. The van der Waals surface area contributed by atoms with Gasteiger partial charge in [-0.25, -0.2) is 4.39 Å². The highest BCUT2D eigenvalue weighted by Gasteiger charge is 2.16. The van der Waals surface area contributed by atoms with Gasteiger partial charge in [0.1, 0.15) is 11.6 Å². The number of ether oxygens (including phenoxy) is 2. The third kappa shape index (κ3) is 5.19. The Morgan fingerprint density at radius 2 is 1.93 bits per heavy atom. The van der Waals surface area contributed by atoms with E-state index in [1.54, 1.807) is 14.0 Å². The highest BCUT2D eigenvalue weighted by Crippen LogP contribution is 2.13. The lowest BCUT2D eigenvalue weighted by Crippen LogP contribution is -2.36. The van der Waals surface area contributed by atoms with Gasteiger partial charge in [0.2, 0.25) is 5.88 Å². The van der Waals surface area contributed by atoms with Crippen molar-refractivity contribution < 1.29 is 18.7 Å².